The number of hydrogen-bond donors (Lipinski definition) is 9. The number of carboxylic acids is 1. The van der Waals surface area contributed by atoms with Gasteiger partial charge in [0, 0.05) is 38.0 Å². The van der Waals surface area contributed by atoms with Crippen molar-refractivity contribution in [3.63, 3.8) is 0 Å². The molecule has 0 saturated carbocycles. The van der Waals surface area contributed by atoms with E-state index in [2.05, 4.69) is 43.7 Å². The lowest BCUT2D eigenvalue weighted by atomic mass is 10.0. The van der Waals surface area contributed by atoms with Crippen LogP contribution < -0.4 is 37.6 Å². The Morgan fingerprint density at radius 3 is 2.00 bits per heavy atom. The van der Waals surface area contributed by atoms with Crippen molar-refractivity contribution in [3.05, 3.63) is 29.8 Å². The molecule has 1 aromatic carbocycles. The van der Waals surface area contributed by atoms with Crippen molar-refractivity contribution in [1.82, 2.24) is 26.6 Å². The molecule has 10 N–H and O–H groups in total. The van der Waals surface area contributed by atoms with E-state index in [0.717, 1.165) is 32.1 Å². The van der Waals surface area contributed by atoms with Gasteiger partial charge in [-0.2, -0.15) is 0 Å². The SMILES string of the molecule is CC(C)C(NC(=O)C(CCC(=O)O)NC(=O)CCOCCOCCOCCOCCNC(=O)COC1C#CCCCCC1)C(=O)NC(CCCNC(N)=O)C(=O)Nc1ccc(CO)cc1. The van der Waals surface area contributed by atoms with Gasteiger partial charge in [0.15, 0.2) is 0 Å². The van der Waals surface area contributed by atoms with Gasteiger partial charge in [-0.25, -0.2) is 4.79 Å². The fourth-order valence-electron chi connectivity index (χ4n) is 6.08. The first-order chi connectivity index (χ1) is 31.3. The van der Waals surface area contributed by atoms with E-state index in [1.807, 2.05) is 0 Å². The molecule has 7 amide bonds. The zero-order valence-electron chi connectivity index (χ0n) is 37.6. The second-order valence-corrected chi connectivity index (χ2v) is 15.4. The lowest BCUT2D eigenvalue weighted by molar-refractivity contribution is -0.138. The lowest BCUT2D eigenvalue weighted by Crippen LogP contribution is -2.58. The molecule has 0 spiro atoms. The monoisotopic (exact) mass is 919 g/mol. The highest BCUT2D eigenvalue weighted by atomic mass is 16.6. The molecule has 4 unspecified atom stereocenters. The van der Waals surface area contributed by atoms with Crippen LogP contribution in [0.4, 0.5) is 10.5 Å². The van der Waals surface area contributed by atoms with E-state index < -0.39 is 66.1 Å². The summed E-state index contributed by atoms with van der Waals surface area (Å²) in [7, 11) is 0. The average Bonchev–Trinajstić information content (AvgIpc) is 3.25. The quantitative estimate of drug-likeness (QED) is 0.0336. The third-order valence-corrected chi connectivity index (χ3v) is 9.66. The molecular formula is C44H69N7O14. The Labute approximate surface area is 380 Å². The van der Waals surface area contributed by atoms with Crippen molar-refractivity contribution < 1.29 is 67.5 Å². The first-order valence-electron chi connectivity index (χ1n) is 22.1. The van der Waals surface area contributed by atoms with E-state index in [-0.39, 0.29) is 77.3 Å². The second kappa shape index (κ2) is 34.0. The minimum absolute atomic E-state index is 0.0139. The number of nitrogens with one attached hydrogen (secondary N) is 6. The Kier molecular flexibility index (Phi) is 29.2. The zero-order chi connectivity index (χ0) is 47.7. The van der Waals surface area contributed by atoms with Crippen LogP contribution in [-0.2, 0) is 59.1 Å². The van der Waals surface area contributed by atoms with Crippen molar-refractivity contribution in [2.24, 2.45) is 11.7 Å². The molecule has 21 nitrogen and oxygen atoms in total. The molecular weight excluding hydrogens is 851 g/mol. The Bertz CT molecular complexity index is 1670. The summed E-state index contributed by atoms with van der Waals surface area (Å²) < 4.78 is 27.5. The molecule has 65 heavy (non-hydrogen) atoms. The van der Waals surface area contributed by atoms with Gasteiger partial charge in [0.1, 0.15) is 30.8 Å². The molecule has 0 saturated heterocycles. The molecule has 0 aromatic heterocycles. The number of amides is 7. The van der Waals surface area contributed by atoms with Crippen molar-refractivity contribution in [2.45, 2.75) is 109 Å². The molecule has 4 atom stereocenters. The number of primary amides is 1. The van der Waals surface area contributed by atoms with Crippen LogP contribution in [0.3, 0.4) is 0 Å². The molecule has 1 aromatic rings. The summed E-state index contributed by atoms with van der Waals surface area (Å²) in [6, 6.07) is 2.05. The third-order valence-electron chi connectivity index (χ3n) is 9.66. The van der Waals surface area contributed by atoms with Gasteiger partial charge in [-0.3, -0.25) is 28.8 Å². The Morgan fingerprint density at radius 1 is 0.723 bits per heavy atom. The normalized spacial score (nSPS) is 14.9. The summed E-state index contributed by atoms with van der Waals surface area (Å²) in [5.41, 5.74) is 6.17. The highest BCUT2D eigenvalue weighted by molar-refractivity contribution is 5.99. The fourth-order valence-corrected chi connectivity index (χ4v) is 6.08. The van der Waals surface area contributed by atoms with E-state index in [1.165, 1.54) is 0 Å². The van der Waals surface area contributed by atoms with Crippen LogP contribution in [0.5, 0.6) is 0 Å². The van der Waals surface area contributed by atoms with E-state index >= 15 is 0 Å². The number of carbonyl (C=O) groups is 7. The topological polar surface area (TPSA) is 304 Å². The van der Waals surface area contributed by atoms with Crippen LogP contribution >= 0.6 is 0 Å². The van der Waals surface area contributed by atoms with Crippen LogP contribution in [0.1, 0.15) is 83.6 Å². The largest absolute Gasteiger partial charge is 0.481 e. The van der Waals surface area contributed by atoms with E-state index in [1.54, 1.807) is 38.1 Å². The van der Waals surface area contributed by atoms with E-state index in [9.17, 15) is 43.8 Å². The van der Waals surface area contributed by atoms with E-state index in [4.69, 9.17) is 29.4 Å². The number of aliphatic hydroxyl groups is 1. The zero-order valence-corrected chi connectivity index (χ0v) is 37.6. The number of aliphatic hydroxyl groups excluding tert-OH is 1. The van der Waals surface area contributed by atoms with Gasteiger partial charge >= 0.3 is 12.0 Å². The number of nitrogens with two attached hydrogens (primary N) is 1. The number of anilines is 1. The fraction of sp³-hybridized carbons (Fsp3) is 0.659. The van der Waals surface area contributed by atoms with Crippen LogP contribution in [0.15, 0.2) is 24.3 Å². The number of benzene rings is 1. The molecule has 0 fully saturated rings. The van der Waals surface area contributed by atoms with Crippen LogP contribution in [0, 0.1) is 17.8 Å². The molecule has 0 bridgehead atoms. The van der Waals surface area contributed by atoms with Gasteiger partial charge < -0.3 is 71.5 Å². The molecule has 1 aliphatic carbocycles. The van der Waals surface area contributed by atoms with E-state index in [0.29, 0.717) is 50.8 Å². The van der Waals surface area contributed by atoms with Crippen molar-refractivity contribution in [3.8, 4) is 11.8 Å². The van der Waals surface area contributed by atoms with Crippen LogP contribution in [0.25, 0.3) is 0 Å². The molecule has 0 radical (unpaired) electrons. The van der Waals surface area contributed by atoms with Crippen molar-refractivity contribution >= 4 is 47.2 Å². The Hall–Kier alpha value is -5.37. The minimum atomic E-state index is -1.30. The summed E-state index contributed by atoms with van der Waals surface area (Å²) in [5, 5.41) is 34.3. The highest BCUT2D eigenvalue weighted by Crippen LogP contribution is 2.13. The van der Waals surface area contributed by atoms with Gasteiger partial charge in [0.2, 0.25) is 29.5 Å². The summed E-state index contributed by atoms with van der Waals surface area (Å²) in [6.45, 7) is 5.58. The molecule has 0 aliphatic heterocycles. The minimum Gasteiger partial charge on any atom is -0.481 e. The van der Waals surface area contributed by atoms with Crippen molar-refractivity contribution in [1.29, 1.82) is 0 Å². The maximum absolute atomic E-state index is 13.6. The third kappa shape index (κ3) is 26.9. The number of ether oxygens (including phenoxy) is 5. The van der Waals surface area contributed by atoms with Crippen LogP contribution in [-0.4, -0.2) is 149 Å². The molecule has 364 valence electrons. The first-order valence-corrected chi connectivity index (χ1v) is 22.1. The maximum Gasteiger partial charge on any atom is 0.312 e. The molecule has 21 heteroatoms. The summed E-state index contributed by atoms with van der Waals surface area (Å²) >= 11 is 0. The van der Waals surface area contributed by atoms with Crippen LogP contribution in [0.2, 0.25) is 0 Å². The smallest absolute Gasteiger partial charge is 0.312 e. The van der Waals surface area contributed by atoms with Gasteiger partial charge in [-0.1, -0.05) is 38.3 Å². The summed E-state index contributed by atoms with van der Waals surface area (Å²) in [6.07, 6.45) is 4.27. The number of aliphatic carboxylic acids is 1. The van der Waals surface area contributed by atoms with Gasteiger partial charge in [-0.05, 0) is 62.1 Å². The Morgan fingerprint density at radius 2 is 1.37 bits per heavy atom. The summed E-state index contributed by atoms with van der Waals surface area (Å²) in [4.78, 5) is 87.7. The number of carbonyl (C=O) groups excluding carboxylic acids is 6. The molecule has 2 rings (SSSR count). The van der Waals surface area contributed by atoms with Gasteiger partial charge in [0.25, 0.3) is 0 Å². The summed E-state index contributed by atoms with van der Waals surface area (Å²) in [5.74, 6) is 1.57. The molecule has 0 heterocycles. The number of rotatable bonds is 34. The molecule has 1 aliphatic rings. The number of urea groups is 1. The Balaban J connectivity index is 1.70. The highest BCUT2D eigenvalue weighted by Gasteiger charge is 2.32. The predicted molar refractivity (Wildman–Crippen MR) is 237 cm³/mol. The predicted octanol–water partition coefficient (Wildman–Crippen LogP) is 0.467. The number of hydrogen-bond acceptors (Lipinski definition) is 13. The maximum atomic E-state index is 13.6. The first kappa shape index (κ1) is 55.8. The number of carboxylic acid groups (broad SMARTS) is 1. The van der Waals surface area contributed by atoms with Gasteiger partial charge in [-0.15, -0.1) is 5.92 Å². The van der Waals surface area contributed by atoms with Gasteiger partial charge in [0.05, 0.1) is 59.5 Å². The lowest BCUT2D eigenvalue weighted by Gasteiger charge is -2.27. The second-order valence-electron chi connectivity index (χ2n) is 15.4. The standard InChI is InChI=1S/C44H69N7O14/c1-31(2)40(43(59)50-35(11-8-19-47-44(45)60)41(57)48-33-14-12-32(29-52)13-15-33)51-42(58)36(16-17-39(55)56)49-37(53)18-21-61-23-25-63-27-28-64-26-24-62-22-20-46-38(54)30-65-34-9-6-4-3-5-7-10-34/h12-15,31,34-36,40,52H,3-6,8-9,11,16-30H2,1-2H3,(H,46,54)(H,48,57)(H,49,53)(H,50,59)(H,51,58)(H,55,56)(H3,45,47,60). The van der Waals surface area contributed by atoms with Crippen molar-refractivity contribution in [2.75, 3.05) is 77.9 Å². The average molecular weight is 920 g/mol.